The third-order valence-electron chi connectivity index (χ3n) is 0.130. The van der Waals surface area contributed by atoms with Crippen LogP contribution in [0.2, 0.25) is 0 Å². The predicted octanol–water partition coefficient (Wildman–Crippen LogP) is -1.11. The minimum atomic E-state index is -1.06. The zero-order chi connectivity index (χ0) is 4.99. The third-order valence-corrected chi connectivity index (χ3v) is 0.130. The summed E-state index contributed by atoms with van der Waals surface area (Å²) in [5, 5.41) is 0. The van der Waals surface area contributed by atoms with Gasteiger partial charge in [-0.05, 0) is 0 Å². The lowest BCUT2D eigenvalue weighted by Crippen LogP contribution is -2.15. The van der Waals surface area contributed by atoms with Crippen LogP contribution in [0.3, 0.4) is 0 Å². The first-order valence-corrected chi connectivity index (χ1v) is 1.10. The summed E-state index contributed by atoms with van der Waals surface area (Å²) in [6, 6.07) is 0. The fourth-order valence-electron chi connectivity index (χ4n) is 0.0474. The van der Waals surface area contributed by atoms with Crippen LogP contribution < -0.4 is 11.6 Å². The van der Waals surface area contributed by atoms with Crippen molar-refractivity contribution in [3.63, 3.8) is 0 Å². The lowest BCUT2D eigenvalue weighted by Gasteiger charge is -1.86. The molecule has 0 spiro atoms. The number of nitrogens with two attached hydrogens (primary N) is 2. The van der Waals surface area contributed by atoms with Crippen LogP contribution in [0.1, 0.15) is 0 Å². The summed E-state index contributed by atoms with van der Waals surface area (Å²) in [5.41, 5.74) is 4.34. The fraction of sp³-hybridized carbons (Fsp3) is 0. The highest BCUT2D eigenvalue weighted by Crippen LogP contribution is 1.62. The SMILES string of the molecule is NOOC(N)=O. The Bertz CT molecular complexity index is 52.8. The maximum atomic E-state index is 9.39. The van der Waals surface area contributed by atoms with Gasteiger partial charge in [0.05, 0.1) is 0 Å². The molecule has 0 fully saturated rings. The van der Waals surface area contributed by atoms with Gasteiger partial charge in [0.15, 0.2) is 0 Å². The molecule has 5 nitrogen and oxygen atoms in total. The van der Waals surface area contributed by atoms with Gasteiger partial charge in [-0.1, -0.05) is 4.99 Å². The highest BCUT2D eigenvalue weighted by atomic mass is 17.3. The van der Waals surface area contributed by atoms with Crippen molar-refractivity contribution in [2.45, 2.75) is 0 Å². The molecular formula is CH4N2O3. The van der Waals surface area contributed by atoms with Gasteiger partial charge in [-0.15, -0.1) is 0 Å². The maximum Gasteiger partial charge on any atom is 0.438 e. The van der Waals surface area contributed by atoms with Crippen molar-refractivity contribution in [2.24, 2.45) is 11.6 Å². The molecule has 0 aliphatic heterocycles. The van der Waals surface area contributed by atoms with E-state index in [1.807, 2.05) is 0 Å². The molecule has 6 heavy (non-hydrogen) atoms. The largest absolute Gasteiger partial charge is 0.438 e. The summed E-state index contributed by atoms with van der Waals surface area (Å²) >= 11 is 0. The number of amides is 1. The van der Waals surface area contributed by atoms with Crippen LogP contribution in [-0.2, 0) is 9.88 Å². The Morgan fingerprint density at radius 1 is 1.67 bits per heavy atom. The van der Waals surface area contributed by atoms with E-state index in [0.29, 0.717) is 0 Å². The summed E-state index contributed by atoms with van der Waals surface area (Å²) < 4.78 is 0. The highest BCUT2D eigenvalue weighted by Gasteiger charge is 1.85. The Morgan fingerprint density at radius 2 is 2.17 bits per heavy atom. The summed E-state index contributed by atoms with van der Waals surface area (Å²) in [4.78, 5) is 16.2. The normalized spacial score (nSPS) is 7.50. The lowest BCUT2D eigenvalue weighted by atomic mass is 11.3. The molecule has 0 bridgehead atoms. The number of rotatable bonds is 1. The van der Waals surface area contributed by atoms with E-state index in [-0.39, 0.29) is 0 Å². The zero-order valence-corrected chi connectivity index (χ0v) is 2.88. The molecule has 0 atom stereocenters. The quantitative estimate of drug-likeness (QED) is 0.317. The molecule has 0 aliphatic carbocycles. The van der Waals surface area contributed by atoms with Gasteiger partial charge in [-0.2, -0.15) is 5.90 Å². The summed E-state index contributed by atoms with van der Waals surface area (Å²) in [7, 11) is 0. The van der Waals surface area contributed by atoms with Gasteiger partial charge in [0.1, 0.15) is 0 Å². The number of carbonyl (C=O) groups excluding carboxylic acids is 1. The van der Waals surface area contributed by atoms with Crippen molar-refractivity contribution in [1.82, 2.24) is 0 Å². The van der Waals surface area contributed by atoms with Crippen LogP contribution in [0, 0.1) is 0 Å². The van der Waals surface area contributed by atoms with E-state index in [1.165, 1.54) is 0 Å². The van der Waals surface area contributed by atoms with Crippen LogP contribution in [0.25, 0.3) is 0 Å². The smallest absolute Gasteiger partial charge is 0.333 e. The van der Waals surface area contributed by atoms with Gasteiger partial charge in [-0.3, -0.25) is 4.89 Å². The second kappa shape index (κ2) is 2.43. The topological polar surface area (TPSA) is 87.6 Å². The standard InChI is InChI=1S/CH4N2O3/c2-1(4)5-6-3/h3H2,(H2,2,4). The molecule has 0 saturated carbocycles. The first kappa shape index (κ1) is 5.19. The second-order valence-electron chi connectivity index (χ2n) is 0.499. The lowest BCUT2D eigenvalue weighted by molar-refractivity contribution is -0.240. The van der Waals surface area contributed by atoms with E-state index < -0.39 is 6.09 Å². The van der Waals surface area contributed by atoms with Crippen molar-refractivity contribution in [2.75, 3.05) is 0 Å². The predicted molar refractivity (Wildman–Crippen MR) is 15.9 cm³/mol. The van der Waals surface area contributed by atoms with Gasteiger partial charge >= 0.3 is 6.09 Å². The molecule has 0 rings (SSSR count). The van der Waals surface area contributed by atoms with Crippen molar-refractivity contribution in [3.05, 3.63) is 0 Å². The van der Waals surface area contributed by atoms with Crippen molar-refractivity contribution in [3.8, 4) is 0 Å². The van der Waals surface area contributed by atoms with Crippen LogP contribution in [0.4, 0.5) is 4.79 Å². The van der Waals surface area contributed by atoms with E-state index in [9.17, 15) is 4.79 Å². The molecule has 0 aromatic carbocycles. The molecule has 0 saturated heterocycles. The maximum absolute atomic E-state index is 9.39. The third kappa shape index (κ3) is 3.19. The van der Waals surface area contributed by atoms with Crippen LogP contribution in [0.15, 0.2) is 0 Å². The average molecular weight is 92.1 g/mol. The van der Waals surface area contributed by atoms with Gasteiger partial charge in [0.25, 0.3) is 0 Å². The number of hydrogen-bond donors (Lipinski definition) is 2. The second-order valence-corrected chi connectivity index (χ2v) is 0.499. The molecule has 36 valence electrons. The molecule has 0 unspecified atom stereocenters. The minimum absolute atomic E-state index is 1.06. The van der Waals surface area contributed by atoms with Gasteiger partial charge in [0.2, 0.25) is 0 Å². The average Bonchev–Trinajstić information content (AvgIpc) is 1.35. The van der Waals surface area contributed by atoms with Gasteiger partial charge in [0, 0.05) is 0 Å². The Kier molecular flexibility index (Phi) is 2.10. The molecule has 5 heteroatoms. The molecule has 4 N–H and O–H groups in total. The molecule has 1 amide bonds. The van der Waals surface area contributed by atoms with Crippen LogP contribution in [0.5, 0.6) is 0 Å². The zero-order valence-electron chi connectivity index (χ0n) is 2.88. The summed E-state index contributed by atoms with van der Waals surface area (Å²) in [6.07, 6.45) is -1.06. The molecule has 0 aromatic heterocycles. The molecular weight excluding hydrogens is 88.0 g/mol. The fourth-order valence-corrected chi connectivity index (χ4v) is 0.0474. The first-order valence-electron chi connectivity index (χ1n) is 1.10. The Morgan fingerprint density at radius 3 is 2.17 bits per heavy atom. The molecule has 0 aromatic rings. The number of carbonyl (C=O) groups is 1. The van der Waals surface area contributed by atoms with Gasteiger partial charge < -0.3 is 5.73 Å². The van der Waals surface area contributed by atoms with E-state index in [2.05, 4.69) is 21.5 Å². The number of primary amides is 1. The molecule has 0 heterocycles. The Hall–Kier alpha value is -0.810. The monoisotopic (exact) mass is 92.0 g/mol. The molecule has 0 aliphatic rings. The Labute approximate surface area is 33.7 Å². The van der Waals surface area contributed by atoms with E-state index in [4.69, 9.17) is 0 Å². The van der Waals surface area contributed by atoms with E-state index in [0.717, 1.165) is 0 Å². The van der Waals surface area contributed by atoms with Crippen LogP contribution >= 0.6 is 0 Å². The summed E-state index contributed by atoms with van der Waals surface area (Å²) in [6.45, 7) is 0. The first-order chi connectivity index (χ1) is 2.77. The van der Waals surface area contributed by atoms with Crippen molar-refractivity contribution in [1.29, 1.82) is 0 Å². The van der Waals surface area contributed by atoms with E-state index >= 15 is 0 Å². The van der Waals surface area contributed by atoms with Crippen LogP contribution in [-0.4, -0.2) is 6.09 Å². The van der Waals surface area contributed by atoms with Crippen molar-refractivity contribution >= 4 is 6.09 Å². The number of hydrogen-bond acceptors (Lipinski definition) is 4. The highest BCUT2D eigenvalue weighted by molar-refractivity contribution is 5.63. The van der Waals surface area contributed by atoms with Crippen molar-refractivity contribution < 1.29 is 14.7 Å². The minimum Gasteiger partial charge on any atom is -0.333 e. The molecule has 0 radical (unpaired) electrons. The van der Waals surface area contributed by atoms with Gasteiger partial charge in [-0.25, -0.2) is 4.79 Å². The Balaban J connectivity index is 2.83. The summed E-state index contributed by atoms with van der Waals surface area (Å²) in [5.74, 6) is 4.21. The van der Waals surface area contributed by atoms with E-state index in [1.54, 1.807) is 0 Å².